The minimum atomic E-state index is 0.270. The minimum absolute atomic E-state index is 0.270. The molecule has 2 aromatic rings. The van der Waals surface area contributed by atoms with Gasteiger partial charge in [0.2, 0.25) is 0 Å². The minimum Gasteiger partial charge on any atom is -0.479 e. The first-order valence-corrected chi connectivity index (χ1v) is 6.91. The molecule has 0 aliphatic carbocycles. The first-order valence-electron chi connectivity index (χ1n) is 6.91. The molecule has 1 aliphatic heterocycles. The maximum atomic E-state index is 5.45. The van der Waals surface area contributed by atoms with Crippen LogP contribution in [0.1, 0.15) is 32.4 Å². The van der Waals surface area contributed by atoms with Crippen LogP contribution < -0.4 is 0 Å². The van der Waals surface area contributed by atoms with Crippen molar-refractivity contribution in [2.75, 3.05) is 6.61 Å². The zero-order chi connectivity index (χ0) is 13.4. The standard InChI is InChI=1S/C16H20N2O/c1-11(2)18-9-13(8-14-10-19-12(3)17-14)15-6-4-5-7-16(15)18/h4-7,9,11,14H,8,10H2,1-3H3. The second-order valence-corrected chi connectivity index (χ2v) is 5.49. The predicted molar refractivity (Wildman–Crippen MR) is 78.9 cm³/mol. The fraction of sp³-hybridized carbons (Fsp3) is 0.438. The Morgan fingerprint density at radius 2 is 2.16 bits per heavy atom. The van der Waals surface area contributed by atoms with Crippen LogP contribution in [0.15, 0.2) is 35.5 Å². The van der Waals surface area contributed by atoms with Crippen molar-refractivity contribution in [1.29, 1.82) is 0 Å². The Morgan fingerprint density at radius 1 is 1.37 bits per heavy atom. The van der Waals surface area contributed by atoms with Gasteiger partial charge in [-0.1, -0.05) is 18.2 Å². The van der Waals surface area contributed by atoms with E-state index in [-0.39, 0.29) is 6.04 Å². The monoisotopic (exact) mass is 256 g/mol. The third kappa shape index (κ3) is 2.25. The number of aromatic nitrogens is 1. The van der Waals surface area contributed by atoms with Crippen LogP contribution in [0.4, 0.5) is 0 Å². The zero-order valence-corrected chi connectivity index (χ0v) is 11.8. The summed E-state index contributed by atoms with van der Waals surface area (Å²) in [4.78, 5) is 4.53. The average molecular weight is 256 g/mol. The smallest absolute Gasteiger partial charge is 0.180 e. The SMILES string of the molecule is CC1=NC(Cc2cn(C(C)C)c3ccccc23)CO1. The quantitative estimate of drug-likeness (QED) is 0.824. The van der Waals surface area contributed by atoms with E-state index in [9.17, 15) is 0 Å². The topological polar surface area (TPSA) is 26.5 Å². The highest BCUT2D eigenvalue weighted by Gasteiger charge is 2.19. The van der Waals surface area contributed by atoms with E-state index in [1.165, 1.54) is 16.5 Å². The Kier molecular flexibility index (Phi) is 3.05. The molecule has 0 bridgehead atoms. The number of fused-ring (bicyclic) bond motifs is 1. The fourth-order valence-electron chi connectivity index (χ4n) is 2.77. The Labute approximate surface area is 113 Å². The summed E-state index contributed by atoms with van der Waals surface area (Å²) in [6.07, 6.45) is 3.23. The molecule has 0 saturated heterocycles. The van der Waals surface area contributed by atoms with Crippen LogP contribution in [0.3, 0.4) is 0 Å². The number of rotatable bonds is 3. The molecule has 19 heavy (non-hydrogen) atoms. The van der Waals surface area contributed by atoms with Crippen LogP contribution in [0, 0.1) is 0 Å². The van der Waals surface area contributed by atoms with Crippen molar-refractivity contribution >= 4 is 16.8 Å². The number of benzene rings is 1. The third-order valence-electron chi connectivity index (χ3n) is 3.68. The summed E-state index contributed by atoms with van der Waals surface area (Å²) in [7, 11) is 0. The molecule has 0 saturated carbocycles. The van der Waals surface area contributed by atoms with Gasteiger partial charge in [0.25, 0.3) is 0 Å². The van der Waals surface area contributed by atoms with E-state index in [0.29, 0.717) is 12.6 Å². The molecule has 1 atom stereocenters. The molecule has 1 aromatic carbocycles. The summed E-state index contributed by atoms with van der Waals surface area (Å²) in [5.74, 6) is 0.817. The van der Waals surface area contributed by atoms with Crippen LogP contribution in [0.5, 0.6) is 0 Å². The first-order chi connectivity index (χ1) is 9.15. The molecule has 3 heteroatoms. The maximum Gasteiger partial charge on any atom is 0.180 e. The number of nitrogens with zero attached hydrogens (tertiary/aromatic N) is 2. The highest BCUT2D eigenvalue weighted by atomic mass is 16.5. The Balaban J connectivity index is 1.99. The van der Waals surface area contributed by atoms with E-state index in [1.54, 1.807) is 0 Å². The lowest BCUT2D eigenvalue weighted by atomic mass is 10.1. The largest absolute Gasteiger partial charge is 0.479 e. The van der Waals surface area contributed by atoms with Crippen molar-refractivity contribution in [2.24, 2.45) is 4.99 Å². The number of ether oxygens (including phenoxy) is 1. The number of aliphatic imine (C=N–C) groups is 1. The summed E-state index contributed by atoms with van der Waals surface area (Å²) in [6.45, 7) is 7.08. The van der Waals surface area contributed by atoms with Gasteiger partial charge in [0, 0.05) is 36.5 Å². The number of hydrogen-bond donors (Lipinski definition) is 0. The van der Waals surface area contributed by atoms with Gasteiger partial charge in [-0.05, 0) is 25.5 Å². The van der Waals surface area contributed by atoms with Crippen molar-refractivity contribution in [3.63, 3.8) is 0 Å². The first kappa shape index (κ1) is 12.3. The predicted octanol–water partition coefficient (Wildman–Crippen LogP) is 3.58. The van der Waals surface area contributed by atoms with Crippen LogP contribution in [0.2, 0.25) is 0 Å². The molecule has 0 fully saturated rings. The highest BCUT2D eigenvalue weighted by molar-refractivity contribution is 5.84. The molecule has 1 aliphatic rings. The van der Waals surface area contributed by atoms with Gasteiger partial charge in [-0.2, -0.15) is 0 Å². The lowest BCUT2D eigenvalue weighted by molar-refractivity contribution is 0.314. The van der Waals surface area contributed by atoms with Gasteiger partial charge in [0.1, 0.15) is 6.61 Å². The van der Waals surface area contributed by atoms with Crippen LogP contribution in [-0.2, 0) is 11.2 Å². The van der Waals surface area contributed by atoms with Gasteiger partial charge < -0.3 is 9.30 Å². The molecule has 3 rings (SSSR count). The van der Waals surface area contributed by atoms with Gasteiger partial charge in [-0.3, -0.25) is 0 Å². The van der Waals surface area contributed by atoms with E-state index >= 15 is 0 Å². The lowest BCUT2D eigenvalue weighted by Crippen LogP contribution is -2.09. The molecule has 2 heterocycles. The lowest BCUT2D eigenvalue weighted by Gasteiger charge is -2.08. The molecule has 0 amide bonds. The second-order valence-electron chi connectivity index (χ2n) is 5.49. The zero-order valence-electron chi connectivity index (χ0n) is 11.8. The van der Waals surface area contributed by atoms with Gasteiger partial charge in [0.15, 0.2) is 5.90 Å². The normalized spacial score (nSPS) is 18.9. The molecule has 0 spiro atoms. The molecular formula is C16H20N2O. The Morgan fingerprint density at radius 3 is 2.84 bits per heavy atom. The van der Waals surface area contributed by atoms with Crippen LogP contribution >= 0.6 is 0 Å². The Hall–Kier alpha value is -1.77. The van der Waals surface area contributed by atoms with Crippen molar-refractivity contribution in [2.45, 2.75) is 39.3 Å². The number of hydrogen-bond acceptors (Lipinski definition) is 2. The van der Waals surface area contributed by atoms with E-state index in [2.05, 4.69) is 53.9 Å². The van der Waals surface area contributed by atoms with Gasteiger partial charge >= 0.3 is 0 Å². The van der Waals surface area contributed by atoms with Crippen molar-refractivity contribution < 1.29 is 4.74 Å². The second kappa shape index (κ2) is 4.72. The van der Waals surface area contributed by atoms with Gasteiger partial charge in [-0.15, -0.1) is 0 Å². The van der Waals surface area contributed by atoms with Crippen LogP contribution in [-0.4, -0.2) is 23.1 Å². The highest BCUT2D eigenvalue weighted by Crippen LogP contribution is 2.26. The number of para-hydroxylation sites is 1. The van der Waals surface area contributed by atoms with E-state index in [1.807, 2.05) is 6.92 Å². The van der Waals surface area contributed by atoms with Crippen molar-refractivity contribution in [3.8, 4) is 0 Å². The summed E-state index contributed by atoms with van der Waals surface area (Å²) in [6, 6.07) is 9.35. The summed E-state index contributed by atoms with van der Waals surface area (Å²) in [5, 5.41) is 1.34. The third-order valence-corrected chi connectivity index (χ3v) is 3.68. The molecule has 0 N–H and O–H groups in total. The summed E-state index contributed by atoms with van der Waals surface area (Å²) >= 11 is 0. The van der Waals surface area contributed by atoms with E-state index in [4.69, 9.17) is 4.74 Å². The molecule has 0 radical (unpaired) electrons. The van der Waals surface area contributed by atoms with E-state index in [0.717, 1.165) is 12.3 Å². The Bertz CT molecular complexity index is 625. The van der Waals surface area contributed by atoms with Crippen LogP contribution in [0.25, 0.3) is 10.9 Å². The van der Waals surface area contributed by atoms with Gasteiger partial charge in [-0.25, -0.2) is 4.99 Å². The summed E-state index contributed by atoms with van der Waals surface area (Å²) < 4.78 is 7.79. The maximum absolute atomic E-state index is 5.45. The molecule has 100 valence electrons. The molecule has 1 unspecified atom stereocenters. The molecule has 3 nitrogen and oxygen atoms in total. The van der Waals surface area contributed by atoms with Gasteiger partial charge in [0.05, 0.1) is 6.04 Å². The van der Waals surface area contributed by atoms with Crippen molar-refractivity contribution in [1.82, 2.24) is 4.57 Å². The average Bonchev–Trinajstić information content (AvgIpc) is 2.95. The molecule has 1 aromatic heterocycles. The fourth-order valence-corrected chi connectivity index (χ4v) is 2.77. The summed E-state index contributed by atoms with van der Waals surface area (Å²) in [5.41, 5.74) is 2.68. The van der Waals surface area contributed by atoms with Crippen molar-refractivity contribution in [3.05, 3.63) is 36.0 Å². The van der Waals surface area contributed by atoms with E-state index < -0.39 is 0 Å². The molecular weight excluding hydrogens is 236 g/mol.